The molecule has 1 N–H and O–H groups in total. The van der Waals surface area contributed by atoms with Gasteiger partial charge in [-0.1, -0.05) is 42.5 Å². The average molecular weight is 404 g/mol. The standard InChI is InChI=1S/C21H19F3N2O3/c1-13-17(19(27)29-12-14-6-4-3-5-7-14)18(25-20(28)26(13)2)15-8-10-16(11-9-15)21(22,23)24/h3-11,18H,12H2,1-2H3,(H,25,28). The van der Waals surface area contributed by atoms with Gasteiger partial charge in [0, 0.05) is 12.7 Å². The number of esters is 1. The first kappa shape index (κ1) is 20.4. The van der Waals surface area contributed by atoms with Gasteiger partial charge in [0.15, 0.2) is 0 Å². The van der Waals surface area contributed by atoms with Crippen LogP contribution < -0.4 is 5.32 Å². The van der Waals surface area contributed by atoms with Crippen LogP contribution in [0.25, 0.3) is 0 Å². The van der Waals surface area contributed by atoms with Gasteiger partial charge in [-0.15, -0.1) is 0 Å². The molecule has 8 heteroatoms. The fraction of sp³-hybridized carbons (Fsp3) is 0.238. The number of hydrogen-bond donors (Lipinski definition) is 1. The predicted molar refractivity (Wildman–Crippen MR) is 99.4 cm³/mol. The van der Waals surface area contributed by atoms with Gasteiger partial charge in [-0.2, -0.15) is 13.2 Å². The number of carbonyl (C=O) groups excluding carboxylic acids is 2. The Labute approximate surface area is 165 Å². The van der Waals surface area contributed by atoms with Crippen LogP contribution in [-0.4, -0.2) is 23.9 Å². The van der Waals surface area contributed by atoms with Gasteiger partial charge < -0.3 is 15.0 Å². The Balaban J connectivity index is 1.90. The topological polar surface area (TPSA) is 58.6 Å². The second-order valence-corrected chi connectivity index (χ2v) is 6.62. The zero-order valence-electron chi connectivity index (χ0n) is 15.8. The summed E-state index contributed by atoms with van der Waals surface area (Å²) >= 11 is 0. The number of carbonyl (C=O) groups is 2. The van der Waals surface area contributed by atoms with E-state index >= 15 is 0 Å². The highest BCUT2D eigenvalue weighted by molar-refractivity contribution is 5.95. The zero-order chi connectivity index (χ0) is 21.2. The molecule has 0 spiro atoms. The highest BCUT2D eigenvalue weighted by Gasteiger charge is 2.36. The van der Waals surface area contributed by atoms with Crippen LogP contribution in [0.5, 0.6) is 0 Å². The van der Waals surface area contributed by atoms with E-state index < -0.39 is 29.8 Å². The van der Waals surface area contributed by atoms with Crippen LogP contribution in [0.1, 0.15) is 29.7 Å². The zero-order valence-corrected chi connectivity index (χ0v) is 15.8. The first-order valence-electron chi connectivity index (χ1n) is 8.81. The van der Waals surface area contributed by atoms with Gasteiger partial charge >= 0.3 is 18.2 Å². The van der Waals surface area contributed by atoms with Crippen molar-refractivity contribution >= 4 is 12.0 Å². The number of urea groups is 1. The Bertz CT molecular complexity index is 938. The van der Waals surface area contributed by atoms with Crippen molar-refractivity contribution in [3.8, 4) is 0 Å². The van der Waals surface area contributed by atoms with E-state index in [1.807, 2.05) is 18.2 Å². The molecule has 1 unspecified atom stereocenters. The molecular weight excluding hydrogens is 385 g/mol. The number of nitrogens with one attached hydrogen (secondary N) is 1. The largest absolute Gasteiger partial charge is 0.457 e. The van der Waals surface area contributed by atoms with Crippen molar-refractivity contribution in [2.75, 3.05) is 7.05 Å². The molecule has 5 nitrogen and oxygen atoms in total. The summed E-state index contributed by atoms with van der Waals surface area (Å²) in [4.78, 5) is 26.3. The summed E-state index contributed by atoms with van der Waals surface area (Å²) in [5, 5.41) is 2.65. The maximum atomic E-state index is 12.8. The van der Waals surface area contributed by atoms with Crippen LogP contribution in [-0.2, 0) is 22.3 Å². The molecule has 0 saturated carbocycles. The van der Waals surface area contributed by atoms with Gasteiger partial charge in [-0.05, 0) is 30.2 Å². The quantitative estimate of drug-likeness (QED) is 0.768. The number of benzene rings is 2. The van der Waals surface area contributed by atoms with Crippen LogP contribution in [0.4, 0.5) is 18.0 Å². The minimum absolute atomic E-state index is 0.0356. The molecule has 0 bridgehead atoms. The lowest BCUT2D eigenvalue weighted by Gasteiger charge is -2.33. The minimum Gasteiger partial charge on any atom is -0.457 e. The summed E-state index contributed by atoms with van der Waals surface area (Å²) < 4.78 is 43.9. The molecule has 0 aliphatic carbocycles. The number of hydrogen-bond acceptors (Lipinski definition) is 3. The molecule has 0 radical (unpaired) electrons. The fourth-order valence-electron chi connectivity index (χ4n) is 3.02. The molecule has 2 amide bonds. The monoisotopic (exact) mass is 404 g/mol. The predicted octanol–water partition coefficient (Wildman–Crippen LogP) is 4.42. The maximum Gasteiger partial charge on any atom is 0.416 e. The van der Waals surface area contributed by atoms with E-state index in [1.54, 1.807) is 19.1 Å². The molecule has 1 aliphatic rings. The van der Waals surface area contributed by atoms with E-state index in [2.05, 4.69) is 5.32 Å². The number of amides is 2. The van der Waals surface area contributed by atoms with Gasteiger partial charge in [0.1, 0.15) is 6.61 Å². The average Bonchev–Trinajstić information content (AvgIpc) is 2.70. The Morgan fingerprint density at radius 3 is 2.31 bits per heavy atom. The highest BCUT2D eigenvalue weighted by atomic mass is 19.4. The van der Waals surface area contributed by atoms with Gasteiger partial charge in [-0.3, -0.25) is 0 Å². The van der Waals surface area contributed by atoms with Crippen molar-refractivity contribution in [2.24, 2.45) is 0 Å². The third-order valence-corrected chi connectivity index (χ3v) is 4.76. The smallest absolute Gasteiger partial charge is 0.416 e. The van der Waals surface area contributed by atoms with E-state index in [-0.39, 0.29) is 12.2 Å². The molecule has 0 aromatic heterocycles. The van der Waals surface area contributed by atoms with Crippen molar-refractivity contribution in [3.63, 3.8) is 0 Å². The van der Waals surface area contributed by atoms with Crippen molar-refractivity contribution < 1.29 is 27.5 Å². The number of allylic oxidation sites excluding steroid dienone is 1. The minimum atomic E-state index is -4.47. The van der Waals surface area contributed by atoms with Crippen molar-refractivity contribution in [2.45, 2.75) is 25.7 Å². The summed E-state index contributed by atoms with van der Waals surface area (Å²) in [5.74, 6) is -0.650. The van der Waals surface area contributed by atoms with E-state index in [4.69, 9.17) is 4.74 Å². The molecule has 2 aromatic carbocycles. The second-order valence-electron chi connectivity index (χ2n) is 6.62. The lowest BCUT2D eigenvalue weighted by molar-refractivity contribution is -0.141. The van der Waals surface area contributed by atoms with Crippen molar-refractivity contribution in [1.82, 2.24) is 10.2 Å². The first-order chi connectivity index (χ1) is 13.7. The third-order valence-electron chi connectivity index (χ3n) is 4.76. The van der Waals surface area contributed by atoms with Crippen molar-refractivity contribution in [1.29, 1.82) is 0 Å². The molecule has 152 valence electrons. The molecule has 29 heavy (non-hydrogen) atoms. The summed E-state index contributed by atoms with van der Waals surface area (Å²) in [6.45, 7) is 1.63. The van der Waals surface area contributed by atoms with Gasteiger partial charge in [0.2, 0.25) is 0 Å². The fourth-order valence-corrected chi connectivity index (χ4v) is 3.02. The molecule has 0 fully saturated rings. The Hall–Kier alpha value is -3.29. The third kappa shape index (κ3) is 4.42. The number of alkyl halides is 3. The number of nitrogens with zero attached hydrogens (tertiary/aromatic N) is 1. The normalized spacial score (nSPS) is 17.2. The summed E-state index contributed by atoms with van der Waals surface area (Å²) in [5.41, 5.74) is 0.873. The van der Waals surface area contributed by atoms with Crippen LogP contribution >= 0.6 is 0 Å². The molecule has 3 rings (SSSR count). The number of ether oxygens (including phenoxy) is 1. The first-order valence-corrected chi connectivity index (χ1v) is 8.81. The molecule has 1 heterocycles. The van der Waals surface area contributed by atoms with Crippen LogP contribution in [0, 0.1) is 0 Å². The summed E-state index contributed by atoms with van der Waals surface area (Å²) in [7, 11) is 1.50. The van der Waals surface area contributed by atoms with E-state index in [1.165, 1.54) is 24.1 Å². The lowest BCUT2D eigenvalue weighted by Crippen LogP contribution is -2.46. The SMILES string of the molecule is CC1=C(C(=O)OCc2ccccc2)C(c2ccc(C(F)(F)F)cc2)NC(=O)N1C. The van der Waals surface area contributed by atoms with E-state index in [0.29, 0.717) is 11.3 Å². The molecular formula is C21H19F3N2O3. The van der Waals surface area contributed by atoms with Gasteiger partial charge in [0.25, 0.3) is 0 Å². The maximum absolute atomic E-state index is 12.8. The Morgan fingerprint density at radius 1 is 1.10 bits per heavy atom. The Kier molecular flexibility index (Phi) is 5.63. The molecule has 0 saturated heterocycles. The molecule has 1 atom stereocenters. The van der Waals surface area contributed by atoms with Crippen LogP contribution in [0.3, 0.4) is 0 Å². The summed E-state index contributed by atoms with van der Waals surface area (Å²) in [6, 6.07) is 12.0. The lowest BCUT2D eigenvalue weighted by atomic mass is 9.94. The van der Waals surface area contributed by atoms with Crippen LogP contribution in [0.15, 0.2) is 65.9 Å². The molecule has 2 aromatic rings. The number of halogens is 3. The van der Waals surface area contributed by atoms with Crippen LogP contribution in [0.2, 0.25) is 0 Å². The van der Waals surface area contributed by atoms with Gasteiger partial charge in [0.05, 0.1) is 17.2 Å². The van der Waals surface area contributed by atoms with E-state index in [9.17, 15) is 22.8 Å². The van der Waals surface area contributed by atoms with E-state index in [0.717, 1.165) is 17.7 Å². The number of rotatable bonds is 4. The Morgan fingerprint density at radius 2 is 1.72 bits per heavy atom. The highest BCUT2D eigenvalue weighted by Crippen LogP contribution is 2.34. The summed E-state index contributed by atoms with van der Waals surface area (Å²) in [6.07, 6.45) is -4.47. The molecule has 1 aliphatic heterocycles. The second kappa shape index (κ2) is 7.98. The van der Waals surface area contributed by atoms with Gasteiger partial charge in [-0.25, -0.2) is 9.59 Å². The van der Waals surface area contributed by atoms with Crippen molar-refractivity contribution in [3.05, 3.63) is 82.6 Å².